The summed E-state index contributed by atoms with van der Waals surface area (Å²) in [4.78, 5) is 16.5. The highest BCUT2D eigenvalue weighted by molar-refractivity contribution is 5.94. The third-order valence-electron chi connectivity index (χ3n) is 5.31. The standard InChI is InChI=1S/C17H20FN3O/c1-10-5-2-3-8-12(10)14-9-13(18)17-19-16(20-21(14)17)15(22)11-6-4-7-11/h2-3,5,8,10-14H,4,6-7,9H2,1H3/t10?,12?,13-,14-/m0/s1. The fourth-order valence-electron chi connectivity index (χ4n) is 3.70. The maximum atomic E-state index is 14.3. The fourth-order valence-corrected chi connectivity index (χ4v) is 3.70. The molecular weight excluding hydrogens is 281 g/mol. The molecule has 0 spiro atoms. The molecule has 0 N–H and O–H groups in total. The highest BCUT2D eigenvalue weighted by Gasteiger charge is 2.41. The number of allylic oxidation sites excluding steroid dienone is 4. The van der Waals surface area contributed by atoms with Crippen LogP contribution in [0.15, 0.2) is 24.3 Å². The predicted octanol–water partition coefficient (Wildman–Crippen LogP) is 3.59. The molecule has 2 unspecified atom stereocenters. The Hall–Kier alpha value is -1.78. The summed E-state index contributed by atoms with van der Waals surface area (Å²) in [5, 5.41) is 4.39. The molecule has 0 bridgehead atoms. The molecule has 1 fully saturated rings. The number of ketones is 1. The second-order valence-electron chi connectivity index (χ2n) is 6.71. The summed E-state index contributed by atoms with van der Waals surface area (Å²) in [6, 6.07) is -0.0448. The van der Waals surface area contributed by atoms with Gasteiger partial charge in [0.15, 0.2) is 12.0 Å². The van der Waals surface area contributed by atoms with E-state index in [0.29, 0.717) is 18.2 Å². The van der Waals surface area contributed by atoms with Crippen LogP contribution >= 0.6 is 0 Å². The van der Waals surface area contributed by atoms with Crippen LogP contribution in [0.4, 0.5) is 4.39 Å². The molecule has 4 nitrogen and oxygen atoms in total. The fraction of sp³-hybridized carbons (Fsp3) is 0.588. The van der Waals surface area contributed by atoms with Gasteiger partial charge in [0.25, 0.3) is 0 Å². The number of nitrogens with zero attached hydrogens (tertiary/aromatic N) is 3. The van der Waals surface area contributed by atoms with Crippen molar-refractivity contribution in [2.45, 2.75) is 44.8 Å². The van der Waals surface area contributed by atoms with Crippen molar-refractivity contribution in [3.63, 3.8) is 0 Å². The van der Waals surface area contributed by atoms with Gasteiger partial charge < -0.3 is 0 Å². The molecule has 0 amide bonds. The molecule has 22 heavy (non-hydrogen) atoms. The van der Waals surface area contributed by atoms with E-state index in [9.17, 15) is 9.18 Å². The van der Waals surface area contributed by atoms with Crippen molar-refractivity contribution in [1.29, 1.82) is 0 Å². The van der Waals surface area contributed by atoms with Crippen molar-refractivity contribution < 1.29 is 9.18 Å². The lowest BCUT2D eigenvalue weighted by Gasteiger charge is -2.27. The van der Waals surface area contributed by atoms with Crippen molar-refractivity contribution in [3.8, 4) is 0 Å². The minimum absolute atomic E-state index is 0.00812. The second kappa shape index (κ2) is 5.14. The van der Waals surface area contributed by atoms with Crippen LogP contribution in [-0.2, 0) is 0 Å². The summed E-state index contributed by atoms with van der Waals surface area (Å²) in [5.41, 5.74) is 0. The minimum atomic E-state index is -1.12. The number of alkyl halides is 1. The molecule has 5 heteroatoms. The van der Waals surface area contributed by atoms with E-state index in [1.807, 2.05) is 12.2 Å². The Bertz CT molecular complexity index is 659. The van der Waals surface area contributed by atoms with E-state index >= 15 is 0 Å². The highest BCUT2D eigenvalue weighted by Crippen LogP contribution is 2.43. The van der Waals surface area contributed by atoms with Gasteiger partial charge in [-0.25, -0.2) is 14.1 Å². The average molecular weight is 301 g/mol. The lowest BCUT2D eigenvalue weighted by molar-refractivity contribution is 0.0842. The summed E-state index contributed by atoms with van der Waals surface area (Å²) in [5.74, 6) is 1.14. The molecule has 4 atom stereocenters. The Kier molecular flexibility index (Phi) is 3.24. The number of rotatable bonds is 3. The van der Waals surface area contributed by atoms with Crippen molar-refractivity contribution in [2.75, 3.05) is 0 Å². The molecule has 0 aromatic carbocycles. The van der Waals surface area contributed by atoms with Crippen molar-refractivity contribution >= 4 is 5.78 Å². The number of carbonyl (C=O) groups is 1. The van der Waals surface area contributed by atoms with Crippen LogP contribution in [-0.4, -0.2) is 20.5 Å². The zero-order valence-corrected chi connectivity index (χ0v) is 12.7. The van der Waals surface area contributed by atoms with E-state index in [1.54, 1.807) is 4.68 Å². The van der Waals surface area contributed by atoms with Crippen LogP contribution in [0.5, 0.6) is 0 Å². The van der Waals surface area contributed by atoms with E-state index in [-0.39, 0.29) is 29.5 Å². The van der Waals surface area contributed by atoms with Gasteiger partial charge in [-0.15, -0.1) is 5.10 Å². The Labute approximate surface area is 129 Å². The molecule has 1 aromatic heterocycles. The van der Waals surface area contributed by atoms with Crippen molar-refractivity contribution in [2.24, 2.45) is 17.8 Å². The molecule has 1 aliphatic heterocycles. The molecule has 3 aliphatic rings. The van der Waals surface area contributed by atoms with E-state index in [0.717, 1.165) is 19.3 Å². The molecule has 4 rings (SSSR count). The molecule has 2 heterocycles. The van der Waals surface area contributed by atoms with Crippen LogP contribution < -0.4 is 0 Å². The number of aromatic nitrogens is 3. The first-order valence-electron chi connectivity index (χ1n) is 8.15. The van der Waals surface area contributed by atoms with E-state index in [1.165, 1.54) is 0 Å². The quantitative estimate of drug-likeness (QED) is 0.802. The summed E-state index contributed by atoms with van der Waals surface area (Å²) < 4.78 is 16.0. The number of Topliss-reactive ketones (excluding diaryl/α,β-unsaturated/α-hetero) is 1. The normalized spacial score (nSPS) is 33.7. The van der Waals surface area contributed by atoms with Gasteiger partial charge in [0, 0.05) is 18.3 Å². The van der Waals surface area contributed by atoms with Crippen LogP contribution in [0.1, 0.15) is 61.3 Å². The summed E-state index contributed by atoms with van der Waals surface area (Å²) in [6.07, 6.45) is 10.5. The van der Waals surface area contributed by atoms with Gasteiger partial charge >= 0.3 is 0 Å². The number of carbonyl (C=O) groups excluding carboxylic acids is 1. The Balaban J connectivity index is 1.64. The number of hydrogen-bond acceptors (Lipinski definition) is 3. The summed E-state index contributed by atoms with van der Waals surface area (Å²) in [6.45, 7) is 2.13. The number of hydrogen-bond donors (Lipinski definition) is 0. The van der Waals surface area contributed by atoms with Gasteiger partial charge in [-0.1, -0.05) is 37.6 Å². The van der Waals surface area contributed by atoms with E-state index in [4.69, 9.17) is 0 Å². The van der Waals surface area contributed by atoms with Gasteiger partial charge in [-0.05, 0) is 18.8 Å². The molecule has 1 saturated carbocycles. The van der Waals surface area contributed by atoms with Gasteiger partial charge in [-0.3, -0.25) is 4.79 Å². The van der Waals surface area contributed by atoms with E-state index < -0.39 is 6.17 Å². The van der Waals surface area contributed by atoms with Crippen LogP contribution in [0.25, 0.3) is 0 Å². The van der Waals surface area contributed by atoms with Gasteiger partial charge in [0.2, 0.25) is 11.6 Å². The second-order valence-corrected chi connectivity index (χ2v) is 6.71. The lowest BCUT2D eigenvalue weighted by Crippen LogP contribution is -2.25. The zero-order valence-electron chi connectivity index (χ0n) is 12.7. The monoisotopic (exact) mass is 301 g/mol. The molecule has 1 aromatic rings. The molecule has 0 radical (unpaired) electrons. The van der Waals surface area contributed by atoms with Gasteiger partial charge in [0.1, 0.15) is 0 Å². The van der Waals surface area contributed by atoms with Crippen molar-refractivity contribution in [3.05, 3.63) is 36.0 Å². The molecular formula is C17H20FN3O. The number of fused-ring (bicyclic) bond motifs is 1. The highest BCUT2D eigenvalue weighted by atomic mass is 19.1. The van der Waals surface area contributed by atoms with Gasteiger partial charge in [0.05, 0.1) is 6.04 Å². The maximum Gasteiger partial charge on any atom is 0.217 e. The SMILES string of the molecule is CC1C=CC=CC1[C@@H]1C[C@H](F)c2nc(C(=O)C3CCC3)nn21. The Morgan fingerprint density at radius 2 is 2.09 bits per heavy atom. The largest absolute Gasteiger partial charge is 0.290 e. The minimum Gasteiger partial charge on any atom is -0.290 e. The first-order chi connectivity index (χ1) is 10.6. The molecule has 0 saturated heterocycles. The smallest absolute Gasteiger partial charge is 0.217 e. The third-order valence-corrected chi connectivity index (χ3v) is 5.31. The van der Waals surface area contributed by atoms with Crippen LogP contribution in [0, 0.1) is 17.8 Å². The molecule has 2 aliphatic carbocycles. The zero-order chi connectivity index (χ0) is 15.3. The van der Waals surface area contributed by atoms with Gasteiger partial charge in [-0.2, -0.15) is 0 Å². The average Bonchev–Trinajstić information content (AvgIpc) is 2.99. The number of halogens is 1. The topological polar surface area (TPSA) is 47.8 Å². The first kappa shape index (κ1) is 13.9. The summed E-state index contributed by atoms with van der Waals surface area (Å²) >= 11 is 0. The first-order valence-corrected chi connectivity index (χ1v) is 8.15. The predicted molar refractivity (Wildman–Crippen MR) is 80.1 cm³/mol. The Morgan fingerprint density at radius 1 is 1.32 bits per heavy atom. The van der Waals surface area contributed by atoms with Crippen LogP contribution in [0.3, 0.4) is 0 Å². The van der Waals surface area contributed by atoms with E-state index in [2.05, 4.69) is 29.2 Å². The molecule has 116 valence electrons. The Morgan fingerprint density at radius 3 is 2.77 bits per heavy atom. The lowest BCUT2D eigenvalue weighted by atomic mass is 9.82. The summed E-state index contributed by atoms with van der Waals surface area (Å²) in [7, 11) is 0. The third kappa shape index (κ3) is 2.06. The maximum absolute atomic E-state index is 14.3. The van der Waals surface area contributed by atoms with Crippen molar-refractivity contribution in [1.82, 2.24) is 14.8 Å². The van der Waals surface area contributed by atoms with Crippen LogP contribution in [0.2, 0.25) is 0 Å².